The third-order valence-electron chi connectivity index (χ3n) is 1.01. The van der Waals surface area contributed by atoms with Crippen molar-refractivity contribution >= 4 is 6.29 Å². The van der Waals surface area contributed by atoms with Gasteiger partial charge in [0.15, 0.2) is 6.29 Å². The fraction of sp³-hybridized carbons (Fsp3) is 0.200. The predicted molar refractivity (Wildman–Crippen MR) is 28.6 cm³/mol. The van der Waals surface area contributed by atoms with Crippen LogP contribution in [0.15, 0.2) is 6.07 Å². The van der Waals surface area contributed by atoms with E-state index in [1.807, 2.05) is 0 Å². The number of hydrogen-bond donors (Lipinski definition) is 0. The Kier molecular flexibility index (Phi) is 1.30. The molecule has 0 aliphatic rings. The Labute approximate surface area is 51.1 Å². The maximum absolute atomic E-state index is 12.1. The van der Waals surface area contributed by atoms with Crippen LogP contribution in [0.25, 0.3) is 0 Å². The zero-order chi connectivity index (χ0) is 6.85. The largest absolute Gasteiger partial charge is 0.296 e. The van der Waals surface area contributed by atoms with Gasteiger partial charge in [-0.15, -0.1) is 5.10 Å². The molecule has 0 amide bonds. The average Bonchev–Trinajstić information content (AvgIpc) is 2.10. The monoisotopic (exact) mass is 128 g/mol. The fourth-order valence-electron chi connectivity index (χ4n) is 0.556. The lowest BCUT2D eigenvalue weighted by atomic mass is 10.5. The van der Waals surface area contributed by atoms with Gasteiger partial charge in [0.05, 0.1) is 0 Å². The zero-order valence-corrected chi connectivity index (χ0v) is 4.84. The number of hydrogen-bond acceptors (Lipinski definition) is 2. The highest BCUT2D eigenvalue weighted by Gasteiger charge is 2.00. The number of aromatic nitrogens is 2. The van der Waals surface area contributed by atoms with Crippen molar-refractivity contribution < 1.29 is 9.18 Å². The minimum absolute atomic E-state index is 0.243. The molecular formula is C5H5FN2O. The number of rotatable bonds is 1. The molecule has 48 valence electrons. The molecule has 0 unspecified atom stereocenters. The van der Waals surface area contributed by atoms with E-state index in [0.29, 0.717) is 6.29 Å². The van der Waals surface area contributed by atoms with Gasteiger partial charge in [-0.1, -0.05) is 0 Å². The molecule has 4 heteroatoms. The van der Waals surface area contributed by atoms with Crippen LogP contribution in [0.1, 0.15) is 10.5 Å². The summed E-state index contributed by atoms with van der Waals surface area (Å²) in [6.45, 7) is 0. The second kappa shape index (κ2) is 1.97. The zero-order valence-electron chi connectivity index (χ0n) is 4.84. The molecule has 1 aromatic rings. The summed E-state index contributed by atoms with van der Waals surface area (Å²) >= 11 is 0. The maximum atomic E-state index is 12.1. The van der Waals surface area contributed by atoms with Crippen LogP contribution in [0.2, 0.25) is 0 Å². The first-order valence-electron chi connectivity index (χ1n) is 2.39. The molecule has 3 nitrogen and oxygen atoms in total. The summed E-state index contributed by atoms with van der Waals surface area (Å²) in [5.41, 5.74) is 0.243. The van der Waals surface area contributed by atoms with Gasteiger partial charge in [-0.25, -0.2) is 0 Å². The summed E-state index contributed by atoms with van der Waals surface area (Å²) in [5.74, 6) is -0.625. The Morgan fingerprint density at radius 2 is 2.56 bits per heavy atom. The molecule has 1 aromatic heterocycles. The van der Waals surface area contributed by atoms with Gasteiger partial charge in [0.1, 0.15) is 5.69 Å². The van der Waals surface area contributed by atoms with Crippen LogP contribution in [0.4, 0.5) is 4.39 Å². The molecule has 0 bridgehead atoms. The third kappa shape index (κ3) is 0.960. The lowest BCUT2D eigenvalue weighted by molar-refractivity contribution is 0.111. The van der Waals surface area contributed by atoms with Crippen LogP contribution in [-0.2, 0) is 7.05 Å². The lowest BCUT2D eigenvalue weighted by Crippen LogP contribution is -1.95. The first kappa shape index (κ1) is 5.94. The Hall–Kier alpha value is -1.19. The molecule has 0 fully saturated rings. The molecule has 0 aromatic carbocycles. The highest BCUT2D eigenvalue weighted by molar-refractivity contribution is 5.71. The molecule has 1 heterocycles. The van der Waals surface area contributed by atoms with Gasteiger partial charge in [-0.3, -0.25) is 9.48 Å². The summed E-state index contributed by atoms with van der Waals surface area (Å²) in [6, 6.07) is 1.08. The van der Waals surface area contributed by atoms with Crippen molar-refractivity contribution in [2.24, 2.45) is 7.05 Å². The molecule has 0 aliphatic carbocycles. The number of halogens is 1. The normalized spacial score (nSPS) is 9.56. The highest BCUT2D eigenvalue weighted by Crippen LogP contribution is 1.96. The molecular weight excluding hydrogens is 123 g/mol. The summed E-state index contributed by atoms with van der Waals surface area (Å²) in [7, 11) is 1.51. The topological polar surface area (TPSA) is 34.9 Å². The van der Waals surface area contributed by atoms with Crippen molar-refractivity contribution in [1.29, 1.82) is 0 Å². The van der Waals surface area contributed by atoms with Crippen molar-refractivity contribution in [1.82, 2.24) is 9.78 Å². The minimum Gasteiger partial charge on any atom is -0.296 e. The Bertz CT molecular complexity index is 231. The summed E-state index contributed by atoms with van der Waals surface area (Å²) in [6.07, 6.45) is 0.552. The van der Waals surface area contributed by atoms with E-state index in [9.17, 15) is 9.18 Å². The highest BCUT2D eigenvalue weighted by atomic mass is 19.1. The third-order valence-corrected chi connectivity index (χ3v) is 1.01. The van der Waals surface area contributed by atoms with Gasteiger partial charge in [0.2, 0.25) is 5.95 Å². The van der Waals surface area contributed by atoms with E-state index < -0.39 is 5.95 Å². The fourth-order valence-corrected chi connectivity index (χ4v) is 0.556. The number of nitrogens with zero attached hydrogens (tertiary/aromatic N) is 2. The smallest absolute Gasteiger partial charge is 0.233 e. The van der Waals surface area contributed by atoms with Crippen molar-refractivity contribution in [3.8, 4) is 0 Å². The molecule has 0 atom stereocenters. The number of aryl methyl sites for hydroxylation is 1. The van der Waals surface area contributed by atoms with E-state index in [4.69, 9.17) is 0 Å². The van der Waals surface area contributed by atoms with E-state index in [2.05, 4.69) is 5.10 Å². The van der Waals surface area contributed by atoms with Gasteiger partial charge >= 0.3 is 0 Å². The van der Waals surface area contributed by atoms with Crippen LogP contribution in [0, 0.1) is 5.95 Å². The van der Waals surface area contributed by atoms with Gasteiger partial charge < -0.3 is 0 Å². The van der Waals surface area contributed by atoms with Gasteiger partial charge in [-0.05, 0) is 0 Å². The van der Waals surface area contributed by atoms with Crippen LogP contribution in [0.3, 0.4) is 0 Å². The van der Waals surface area contributed by atoms with Crippen LogP contribution in [-0.4, -0.2) is 16.1 Å². The molecule has 0 spiro atoms. The average molecular weight is 128 g/mol. The van der Waals surface area contributed by atoms with Crippen molar-refractivity contribution in [3.63, 3.8) is 0 Å². The van der Waals surface area contributed by atoms with Crippen molar-refractivity contribution in [3.05, 3.63) is 17.7 Å². The van der Waals surface area contributed by atoms with E-state index >= 15 is 0 Å². The Morgan fingerprint density at radius 1 is 1.89 bits per heavy atom. The Morgan fingerprint density at radius 3 is 2.78 bits per heavy atom. The standard InChI is InChI=1S/C5H5FN2O/c1-8-4(3-9)2-5(6)7-8/h2-3H,1H3. The van der Waals surface area contributed by atoms with Crippen LogP contribution < -0.4 is 0 Å². The summed E-state index contributed by atoms with van der Waals surface area (Å²) in [4.78, 5) is 10.0. The van der Waals surface area contributed by atoms with E-state index in [1.165, 1.54) is 11.7 Å². The summed E-state index contributed by atoms with van der Waals surface area (Å²) in [5, 5.41) is 3.30. The molecule has 0 saturated heterocycles. The molecule has 9 heavy (non-hydrogen) atoms. The van der Waals surface area contributed by atoms with E-state index in [0.717, 1.165) is 6.07 Å². The number of carbonyl (C=O) groups is 1. The number of carbonyl (C=O) groups excluding carboxylic acids is 1. The summed E-state index contributed by atoms with van der Waals surface area (Å²) < 4.78 is 13.3. The van der Waals surface area contributed by atoms with Crippen molar-refractivity contribution in [2.75, 3.05) is 0 Å². The lowest BCUT2D eigenvalue weighted by Gasteiger charge is -1.85. The van der Waals surface area contributed by atoms with E-state index in [1.54, 1.807) is 0 Å². The minimum atomic E-state index is -0.625. The second-order valence-corrected chi connectivity index (χ2v) is 1.63. The van der Waals surface area contributed by atoms with E-state index in [-0.39, 0.29) is 5.69 Å². The van der Waals surface area contributed by atoms with Crippen LogP contribution in [0.5, 0.6) is 0 Å². The van der Waals surface area contributed by atoms with Gasteiger partial charge in [-0.2, -0.15) is 4.39 Å². The Balaban J connectivity index is 3.15. The molecule has 0 saturated carbocycles. The number of aldehydes is 1. The predicted octanol–water partition coefficient (Wildman–Crippen LogP) is 0.372. The maximum Gasteiger partial charge on any atom is 0.233 e. The molecule has 1 rings (SSSR count). The SMILES string of the molecule is Cn1nc(F)cc1C=O. The quantitative estimate of drug-likeness (QED) is 0.512. The van der Waals surface area contributed by atoms with Gasteiger partial charge in [0, 0.05) is 13.1 Å². The first-order chi connectivity index (χ1) is 4.24. The molecule has 0 radical (unpaired) electrons. The first-order valence-corrected chi connectivity index (χ1v) is 2.39. The van der Waals surface area contributed by atoms with Gasteiger partial charge in [0.25, 0.3) is 0 Å². The van der Waals surface area contributed by atoms with Crippen molar-refractivity contribution in [2.45, 2.75) is 0 Å². The second-order valence-electron chi connectivity index (χ2n) is 1.63. The molecule has 0 N–H and O–H groups in total. The van der Waals surface area contributed by atoms with Crippen LogP contribution >= 0.6 is 0 Å². The molecule has 0 aliphatic heterocycles.